The van der Waals surface area contributed by atoms with Gasteiger partial charge < -0.3 is 5.11 Å². The third kappa shape index (κ3) is 3.75. The molecule has 1 unspecified atom stereocenters. The minimum absolute atomic E-state index is 0.00508. The van der Waals surface area contributed by atoms with Crippen molar-refractivity contribution in [3.05, 3.63) is 0 Å². The van der Waals surface area contributed by atoms with E-state index in [-0.39, 0.29) is 6.61 Å². The van der Waals surface area contributed by atoms with Gasteiger partial charge in [0.2, 0.25) is 0 Å². The number of rotatable bonds is 5. The van der Waals surface area contributed by atoms with Crippen molar-refractivity contribution in [1.82, 2.24) is 0 Å². The van der Waals surface area contributed by atoms with E-state index in [0.29, 0.717) is 19.6 Å². The van der Waals surface area contributed by atoms with E-state index in [1.807, 2.05) is 6.92 Å². The summed E-state index contributed by atoms with van der Waals surface area (Å²) in [5, 5.41) is 9.27. The molecule has 0 amide bonds. The average Bonchev–Trinajstić information content (AvgIpc) is 2.51. The van der Waals surface area contributed by atoms with Gasteiger partial charge in [-0.2, -0.15) is 0 Å². The lowest BCUT2D eigenvalue weighted by Crippen LogP contribution is -2.13. The summed E-state index contributed by atoms with van der Waals surface area (Å²) in [7, 11) is -3.31. The van der Waals surface area contributed by atoms with Gasteiger partial charge in [0.25, 0.3) is 0 Å². The summed E-state index contributed by atoms with van der Waals surface area (Å²) in [6.07, 6.45) is 0.889. The van der Waals surface area contributed by atoms with Gasteiger partial charge in [-0.25, -0.2) is 4.57 Å². The molecule has 0 aliphatic carbocycles. The van der Waals surface area contributed by atoms with E-state index in [2.05, 4.69) is 0 Å². The molecule has 0 saturated carbocycles. The molecule has 13 heavy (non-hydrogen) atoms. The van der Waals surface area contributed by atoms with Crippen molar-refractivity contribution < 1.29 is 23.2 Å². The molecule has 5 nitrogen and oxygen atoms in total. The normalized spacial score (nSPS) is 23.2. The standard InChI is InChI=1S/C7H15O5P/c1-2-3-7(8)6-12-13(9)10-4-5-11-13/h7-8H,2-6H2,1H3. The number of phosphoric ester groups is 1. The van der Waals surface area contributed by atoms with Gasteiger partial charge in [-0.05, 0) is 6.42 Å². The number of aliphatic hydroxyl groups is 1. The fraction of sp³-hybridized carbons (Fsp3) is 1.00. The van der Waals surface area contributed by atoms with Crippen molar-refractivity contribution >= 4 is 7.82 Å². The predicted octanol–water partition coefficient (Wildman–Crippen LogP) is 1.32. The zero-order chi connectivity index (χ0) is 9.73. The van der Waals surface area contributed by atoms with E-state index in [0.717, 1.165) is 6.42 Å². The zero-order valence-electron chi connectivity index (χ0n) is 7.64. The van der Waals surface area contributed by atoms with Gasteiger partial charge in [0.15, 0.2) is 0 Å². The summed E-state index contributed by atoms with van der Waals surface area (Å²) in [4.78, 5) is 0. The Bertz CT molecular complexity index is 185. The Hall–Kier alpha value is 0.0700. The molecule has 0 spiro atoms. The summed E-state index contributed by atoms with van der Waals surface area (Å²) in [5.74, 6) is 0. The van der Waals surface area contributed by atoms with Gasteiger partial charge in [0, 0.05) is 0 Å². The maximum Gasteiger partial charge on any atom is 0.475 e. The third-order valence-corrected chi connectivity index (χ3v) is 3.09. The Morgan fingerprint density at radius 1 is 1.54 bits per heavy atom. The van der Waals surface area contributed by atoms with Crippen LogP contribution < -0.4 is 0 Å². The number of phosphoric acid groups is 1. The van der Waals surface area contributed by atoms with E-state index < -0.39 is 13.9 Å². The molecule has 0 aromatic rings. The third-order valence-electron chi connectivity index (χ3n) is 1.63. The summed E-state index contributed by atoms with van der Waals surface area (Å²) >= 11 is 0. The second-order valence-corrected chi connectivity index (χ2v) is 4.52. The Kier molecular flexibility index (Phi) is 4.35. The number of aliphatic hydroxyl groups excluding tert-OH is 1. The molecular formula is C7H15O5P. The summed E-state index contributed by atoms with van der Waals surface area (Å²) < 4.78 is 25.7. The number of hydrogen-bond donors (Lipinski definition) is 1. The predicted molar refractivity (Wildman–Crippen MR) is 46.4 cm³/mol. The Morgan fingerprint density at radius 3 is 2.69 bits per heavy atom. The maximum atomic E-state index is 11.3. The lowest BCUT2D eigenvalue weighted by Gasteiger charge is -2.12. The molecule has 1 aliphatic heterocycles. The van der Waals surface area contributed by atoms with Gasteiger partial charge >= 0.3 is 7.82 Å². The highest BCUT2D eigenvalue weighted by atomic mass is 31.2. The van der Waals surface area contributed by atoms with Crippen LogP contribution in [-0.4, -0.2) is 31.0 Å². The molecule has 0 radical (unpaired) electrons. The molecule has 0 aromatic carbocycles. The van der Waals surface area contributed by atoms with Crippen LogP contribution in [0.25, 0.3) is 0 Å². The highest BCUT2D eigenvalue weighted by Crippen LogP contribution is 2.52. The smallest absolute Gasteiger partial charge is 0.391 e. The second kappa shape index (κ2) is 5.08. The first kappa shape index (κ1) is 11.1. The van der Waals surface area contributed by atoms with E-state index >= 15 is 0 Å². The van der Waals surface area contributed by atoms with Crippen LogP contribution in [0.2, 0.25) is 0 Å². The van der Waals surface area contributed by atoms with Crippen molar-refractivity contribution in [2.45, 2.75) is 25.9 Å². The quantitative estimate of drug-likeness (QED) is 0.693. The molecule has 78 valence electrons. The van der Waals surface area contributed by atoms with Gasteiger partial charge in [0.05, 0.1) is 25.9 Å². The lowest BCUT2D eigenvalue weighted by atomic mass is 10.2. The summed E-state index contributed by atoms with van der Waals surface area (Å²) in [5.41, 5.74) is 0. The molecule has 1 heterocycles. The van der Waals surface area contributed by atoms with E-state index in [1.165, 1.54) is 0 Å². The monoisotopic (exact) mass is 210 g/mol. The zero-order valence-corrected chi connectivity index (χ0v) is 8.53. The molecule has 0 bridgehead atoms. The van der Waals surface area contributed by atoms with Crippen LogP contribution in [0.1, 0.15) is 19.8 Å². The Balaban J connectivity index is 2.21. The molecule has 1 atom stereocenters. The van der Waals surface area contributed by atoms with Gasteiger partial charge in [-0.3, -0.25) is 13.6 Å². The van der Waals surface area contributed by atoms with Crippen LogP contribution in [-0.2, 0) is 18.1 Å². The average molecular weight is 210 g/mol. The van der Waals surface area contributed by atoms with Crippen molar-refractivity contribution in [3.8, 4) is 0 Å². The molecule has 1 saturated heterocycles. The first-order valence-corrected chi connectivity index (χ1v) is 5.84. The first-order valence-electron chi connectivity index (χ1n) is 4.38. The van der Waals surface area contributed by atoms with Crippen molar-refractivity contribution in [3.63, 3.8) is 0 Å². The molecule has 1 rings (SSSR count). The van der Waals surface area contributed by atoms with E-state index in [4.69, 9.17) is 13.6 Å². The van der Waals surface area contributed by atoms with Crippen LogP contribution in [0, 0.1) is 0 Å². The topological polar surface area (TPSA) is 65.0 Å². The largest absolute Gasteiger partial charge is 0.475 e. The highest BCUT2D eigenvalue weighted by Gasteiger charge is 2.32. The lowest BCUT2D eigenvalue weighted by molar-refractivity contribution is 0.0780. The number of hydrogen-bond acceptors (Lipinski definition) is 5. The Labute approximate surface area is 77.6 Å². The summed E-state index contributed by atoms with van der Waals surface area (Å²) in [6, 6.07) is 0. The molecule has 1 fully saturated rings. The van der Waals surface area contributed by atoms with Crippen molar-refractivity contribution in [2.75, 3.05) is 19.8 Å². The van der Waals surface area contributed by atoms with Gasteiger partial charge in [-0.1, -0.05) is 13.3 Å². The van der Waals surface area contributed by atoms with E-state index in [1.54, 1.807) is 0 Å². The van der Waals surface area contributed by atoms with E-state index in [9.17, 15) is 9.67 Å². The van der Waals surface area contributed by atoms with Crippen LogP contribution in [0.3, 0.4) is 0 Å². The van der Waals surface area contributed by atoms with Crippen LogP contribution >= 0.6 is 7.82 Å². The maximum absolute atomic E-state index is 11.3. The highest BCUT2D eigenvalue weighted by molar-refractivity contribution is 7.48. The first-order chi connectivity index (χ1) is 6.16. The van der Waals surface area contributed by atoms with Crippen molar-refractivity contribution in [1.29, 1.82) is 0 Å². The van der Waals surface area contributed by atoms with Gasteiger partial charge in [-0.15, -0.1) is 0 Å². The molecule has 1 N–H and O–H groups in total. The molecular weight excluding hydrogens is 195 g/mol. The second-order valence-electron chi connectivity index (χ2n) is 2.85. The molecule has 1 aliphatic rings. The molecule has 0 aromatic heterocycles. The van der Waals surface area contributed by atoms with Crippen LogP contribution in [0.4, 0.5) is 0 Å². The minimum Gasteiger partial charge on any atom is -0.391 e. The fourth-order valence-corrected chi connectivity index (χ4v) is 2.18. The van der Waals surface area contributed by atoms with Gasteiger partial charge in [0.1, 0.15) is 0 Å². The molecule has 6 heteroatoms. The Morgan fingerprint density at radius 2 is 2.15 bits per heavy atom. The fourth-order valence-electron chi connectivity index (χ4n) is 1.00. The van der Waals surface area contributed by atoms with Crippen LogP contribution in [0.15, 0.2) is 0 Å². The SMILES string of the molecule is CCCC(O)COP1(=O)OCCO1. The van der Waals surface area contributed by atoms with Crippen molar-refractivity contribution in [2.24, 2.45) is 0 Å². The summed E-state index contributed by atoms with van der Waals surface area (Å²) in [6.45, 7) is 2.54. The minimum atomic E-state index is -3.31. The van der Waals surface area contributed by atoms with Crippen LogP contribution in [0.5, 0.6) is 0 Å².